The van der Waals surface area contributed by atoms with E-state index in [0.717, 1.165) is 17.6 Å². The Kier molecular flexibility index (Phi) is 3.42. The van der Waals surface area contributed by atoms with E-state index in [-0.39, 0.29) is 17.8 Å². The SMILES string of the molecule is CN(C)Cc1ccc2oc(Nc3nc4cc(F)ccc4o3)nc2c1. The van der Waals surface area contributed by atoms with E-state index >= 15 is 0 Å². The van der Waals surface area contributed by atoms with E-state index in [1.165, 1.54) is 18.2 Å². The summed E-state index contributed by atoms with van der Waals surface area (Å²) in [4.78, 5) is 10.6. The maximum atomic E-state index is 13.2. The minimum absolute atomic E-state index is 0.204. The van der Waals surface area contributed by atoms with Gasteiger partial charge in [0.15, 0.2) is 11.2 Å². The van der Waals surface area contributed by atoms with Crippen molar-refractivity contribution in [3.8, 4) is 0 Å². The Bertz CT molecular complexity index is 1020. The van der Waals surface area contributed by atoms with Crippen molar-refractivity contribution in [2.75, 3.05) is 19.4 Å². The highest BCUT2D eigenvalue weighted by Gasteiger charge is 2.11. The van der Waals surface area contributed by atoms with E-state index in [4.69, 9.17) is 8.83 Å². The highest BCUT2D eigenvalue weighted by Crippen LogP contribution is 2.25. The standard InChI is InChI=1S/C17H15FN4O2/c1-22(2)9-10-3-5-14-12(7-10)19-16(23-14)21-17-20-13-8-11(18)4-6-15(13)24-17/h3-8H,9H2,1-2H3,(H,19,20,21). The van der Waals surface area contributed by atoms with Crippen LogP contribution in [0.2, 0.25) is 0 Å². The summed E-state index contributed by atoms with van der Waals surface area (Å²) in [5.41, 5.74) is 3.48. The molecule has 2 aromatic carbocycles. The van der Waals surface area contributed by atoms with Gasteiger partial charge in [-0.15, -0.1) is 0 Å². The van der Waals surface area contributed by atoms with Crippen LogP contribution < -0.4 is 5.32 Å². The van der Waals surface area contributed by atoms with Gasteiger partial charge in [-0.25, -0.2) is 4.39 Å². The molecular weight excluding hydrogens is 311 g/mol. The zero-order chi connectivity index (χ0) is 16.7. The van der Waals surface area contributed by atoms with E-state index < -0.39 is 0 Å². The molecular formula is C17H15FN4O2. The number of benzene rings is 2. The minimum atomic E-state index is -0.363. The normalized spacial score (nSPS) is 11.7. The Morgan fingerprint density at radius 1 is 0.958 bits per heavy atom. The second kappa shape index (κ2) is 5.61. The number of nitrogens with zero attached hydrogens (tertiary/aromatic N) is 3. The summed E-state index contributed by atoms with van der Waals surface area (Å²) in [5.74, 6) is -0.363. The molecule has 7 heteroatoms. The lowest BCUT2D eigenvalue weighted by Gasteiger charge is -2.08. The molecule has 0 unspecified atom stereocenters. The fourth-order valence-corrected chi connectivity index (χ4v) is 2.54. The Hall–Kier alpha value is -2.93. The van der Waals surface area contributed by atoms with Crippen molar-refractivity contribution >= 4 is 34.2 Å². The molecule has 0 aliphatic rings. The molecule has 0 amide bonds. The zero-order valence-electron chi connectivity index (χ0n) is 13.2. The molecule has 0 fully saturated rings. The Morgan fingerprint density at radius 2 is 1.58 bits per heavy atom. The molecule has 0 saturated heterocycles. The number of fused-ring (bicyclic) bond motifs is 2. The number of hydrogen-bond acceptors (Lipinski definition) is 6. The second-order valence-electron chi connectivity index (χ2n) is 5.81. The first-order chi connectivity index (χ1) is 11.6. The lowest BCUT2D eigenvalue weighted by atomic mass is 10.2. The lowest BCUT2D eigenvalue weighted by Crippen LogP contribution is -2.10. The second-order valence-corrected chi connectivity index (χ2v) is 5.81. The fraction of sp³-hybridized carbons (Fsp3) is 0.176. The smallest absolute Gasteiger partial charge is 0.303 e. The molecule has 2 aromatic heterocycles. The maximum absolute atomic E-state index is 13.2. The summed E-state index contributed by atoms with van der Waals surface area (Å²) in [7, 11) is 4.02. The van der Waals surface area contributed by atoms with E-state index in [2.05, 4.69) is 20.2 Å². The van der Waals surface area contributed by atoms with Crippen molar-refractivity contribution < 1.29 is 13.2 Å². The number of hydrogen-bond donors (Lipinski definition) is 1. The van der Waals surface area contributed by atoms with Gasteiger partial charge in [-0.2, -0.15) is 9.97 Å². The molecule has 0 aliphatic heterocycles. The van der Waals surface area contributed by atoms with Crippen LogP contribution in [0, 0.1) is 5.82 Å². The van der Waals surface area contributed by atoms with Crippen LogP contribution in [0.15, 0.2) is 45.2 Å². The van der Waals surface area contributed by atoms with Crippen LogP contribution in [0.25, 0.3) is 22.2 Å². The fourth-order valence-electron chi connectivity index (χ4n) is 2.54. The average Bonchev–Trinajstić information content (AvgIpc) is 3.08. The van der Waals surface area contributed by atoms with E-state index in [0.29, 0.717) is 16.7 Å². The van der Waals surface area contributed by atoms with Gasteiger partial charge in [0.1, 0.15) is 16.9 Å². The first kappa shape index (κ1) is 14.6. The number of aromatic nitrogens is 2. The molecule has 122 valence electrons. The predicted molar refractivity (Wildman–Crippen MR) is 88.6 cm³/mol. The van der Waals surface area contributed by atoms with Gasteiger partial charge < -0.3 is 13.7 Å². The van der Waals surface area contributed by atoms with Gasteiger partial charge in [0.05, 0.1) is 0 Å². The number of halogens is 1. The molecule has 4 rings (SSSR count). The Balaban J connectivity index is 1.63. The number of rotatable bonds is 4. The predicted octanol–water partition coefficient (Wildman–Crippen LogP) is 3.91. The summed E-state index contributed by atoms with van der Waals surface area (Å²) in [6, 6.07) is 10.5. The summed E-state index contributed by atoms with van der Waals surface area (Å²) in [6.07, 6.45) is 0. The Labute approximate surface area is 136 Å². The van der Waals surface area contributed by atoms with Crippen molar-refractivity contribution in [2.24, 2.45) is 0 Å². The van der Waals surface area contributed by atoms with E-state index in [1.54, 1.807) is 0 Å². The number of oxazole rings is 2. The molecule has 0 bridgehead atoms. The summed E-state index contributed by atoms with van der Waals surface area (Å²) < 4.78 is 24.3. The lowest BCUT2D eigenvalue weighted by molar-refractivity contribution is 0.402. The summed E-state index contributed by atoms with van der Waals surface area (Å²) in [5, 5.41) is 2.87. The van der Waals surface area contributed by atoms with Crippen LogP contribution in [0.4, 0.5) is 16.4 Å². The Morgan fingerprint density at radius 3 is 2.25 bits per heavy atom. The van der Waals surface area contributed by atoms with Gasteiger partial charge in [-0.3, -0.25) is 5.32 Å². The van der Waals surface area contributed by atoms with Crippen molar-refractivity contribution in [2.45, 2.75) is 6.54 Å². The topological polar surface area (TPSA) is 67.3 Å². The van der Waals surface area contributed by atoms with Crippen LogP contribution in [0.5, 0.6) is 0 Å². The minimum Gasteiger partial charge on any atom is -0.423 e. The maximum Gasteiger partial charge on any atom is 0.303 e. The zero-order valence-corrected chi connectivity index (χ0v) is 13.2. The van der Waals surface area contributed by atoms with Crippen molar-refractivity contribution in [1.82, 2.24) is 14.9 Å². The summed E-state index contributed by atoms with van der Waals surface area (Å²) >= 11 is 0. The van der Waals surface area contributed by atoms with Gasteiger partial charge in [-0.1, -0.05) is 6.07 Å². The first-order valence-electron chi connectivity index (χ1n) is 7.44. The quantitative estimate of drug-likeness (QED) is 0.613. The highest BCUT2D eigenvalue weighted by atomic mass is 19.1. The monoisotopic (exact) mass is 326 g/mol. The summed E-state index contributed by atoms with van der Waals surface area (Å²) in [6.45, 7) is 0.822. The molecule has 2 heterocycles. The average molecular weight is 326 g/mol. The van der Waals surface area contributed by atoms with Crippen molar-refractivity contribution in [1.29, 1.82) is 0 Å². The molecule has 0 atom stereocenters. The first-order valence-corrected chi connectivity index (χ1v) is 7.44. The van der Waals surface area contributed by atoms with E-state index in [9.17, 15) is 4.39 Å². The van der Waals surface area contributed by atoms with Crippen LogP contribution in [0.1, 0.15) is 5.56 Å². The third kappa shape index (κ3) is 2.81. The largest absolute Gasteiger partial charge is 0.423 e. The van der Waals surface area contributed by atoms with Crippen LogP contribution in [0.3, 0.4) is 0 Å². The number of anilines is 2. The van der Waals surface area contributed by atoms with Gasteiger partial charge in [0, 0.05) is 12.6 Å². The molecule has 24 heavy (non-hydrogen) atoms. The van der Waals surface area contributed by atoms with Gasteiger partial charge in [0.25, 0.3) is 0 Å². The van der Waals surface area contributed by atoms with Crippen LogP contribution in [-0.2, 0) is 6.54 Å². The molecule has 0 radical (unpaired) electrons. The number of nitrogens with one attached hydrogen (secondary N) is 1. The molecule has 6 nitrogen and oxygen atoms in total. The third-order valence-corrected chi connectivity index (χ3v) is 3.51. The third-order valence-electron chi connectivity index (χ3n) is 3.51. The molecule has 1 N–H and O–H groups in total. The molecule has 0 spiro atoms. The molecule has 0 saturated carbocycles. The van der Waals surface area contributed by atoms with E-state index in [1.807, 2.05) is 32.3 Å². The van der Waals surface area contributed by atoms with Gasteiger partial charge in [-0.05, 0) is 43.9 Å². The highest BCUT2D eigenvalue weighted by molar-refractivity contribution is 5.77. The molecule has 0 aliphatic carbocycles. The molecule has 4 aromatic rings. The van der Waals surface area contributed by atoms with Crippen molar-refractivity contribution in [3.05, 3.63) is 47.8 Å². The van der Waals surface area contributed by atoms with Crippen LogP contribution in [-0.4, -0.2) is 29.0 Å². The van der Waals surface area contributed by atoms with Gasteiger partial charge in [0.2, 0.25) is 0 Å². The van der Waals surface area contributed by atoms with Crippen molar-refractivity contribution in [3.63, 3.8) is 0 Å². The van der Waals surface area contributed by atoms with Crippen LogP contribution >= 0.6 is 0 Å². The van der Waals surface area contributed by atoms with Gasteiger partial charge >= 0.3 is 12.0 Å².